The lowest BCUT2D eigenvalue weighted by atomic mass is 9.98. The molecule has 17 heteroatoms. The summed E-state index contributed by atoms with van der Waals surface area (Å²) in [5.41, 5.74) is 4.85. The lowest BCUT2D eigenvalue weighted by Gasteiger charge is -2.26. The Labute approximate surface area is 295 Å². The maximum Gasteiger partial charge on any atom is 0.408 e. The molecule has 5 amide bonds. The lowest BCUT2D eigenvalue weighted by molar-refractivity contribution is -0.152. The van der Waals surface area contributed by atoms with Crippen LogP contribution in [0.5, 0.6) is 0 Å². The van der Waals surface area contributed by atoms with E-state index < -0.39 is 78.4 Å². The number of aliphatic carboxylic acids is 1. The van der Waals surface area contributed by atoms with Crippen LogP contribution in [0.1, 0.15) is 90.5 Å². The van der Waals surface area contributed by atoms with Gasteiger partial charge in [0.05, 0.1) is 12.8 Å². The minimum Gasteiger partial charge on any atom is -0.480 e. The predicted octanol–water partition coefficient (Wildman–Crippen LogP) is 2.83. The van der Waals surface area contributed by atoms with Crippen LogP contribution in [-0.2, 0) is 44.8 Å². The van der Waals surface area contributed by atoms with Crippen LogP contribution in [0.15, 0.2) is 24.3 Å². The molecule has 7 N–H and O–H groups in total. The maximum absolute atomic E-state index is 13.5. The zero-order valence-electron chi connectivity index (χ0n) is 28.6. The number of unbranched alkanes of at least 4 members (excludes halogenated alkanes) is 1. The molecule has 0 saturated heterocycles. The van der Waals surface area contributed by atoms with Gasteiger partial charge in [-0.25, -0.2) is 14.4 Å². The van der Waals surface area contributed by atoms with Crippen LogP contribution >= 0.6 is 11.6 Å². The Morgan fingerprint density at radius 1 is 0.880 bits per heavy atom. The Morgan fingerprint density at radius 2 is 1.52 bits per heavy atom. The van der Waals surface area contributed by atoms with E-state index in [9.17, 15) is 38.7 Å². The summed E-state index contributed by atoms with van der Waals surface area (Å²) in [5.74, 6) is -5.32. The van der Waals surface area contributed by atoms with E-state index in [-0.39, 0.29) is 25.7 Å². The van der Waals surface area contributed by atoms with E-state index in [4.69, 9.17) is 31.5 Å². The number of carbonyl (C=O) groups is 7. The van der Waals surface area contributed by atoms with Gasteiger partial charge in [0.1, 0.15) is 36.4 Å². The molecular weight excluding hydrogens is 678 g/mol. The third-order valence-corrected chi connectivity index (χ3v) is 7.76. The number of primary amides is 1. The molecule has 2 rings (SSSR count). The number of amides is 5. The Kier molecular flexibility index (Phi) is 17.3. The third kappa shape index (κ3) is 16.7. The average molecular weight is 726 g/mol. The van der Waals surface area contributed by atoms with Gasteiger partial charge in [-0.05, 0) is 71.8 Å². The van der Waals surface area contributed by atoms with E-state index in [1.54, 1.807) is 45.0 Å². The van der Waals surface area contributed by atoms with E-state index in [1.807, 2.05) is 0 Å². The molecule has 0 spiro atoms. The number of nitrogens with one attached hydrogen (secondary N) is 4. The van der Waals surface area contributed by atoms with Crippen molar-refractivity contribution in [1.82, 2.24) is 21.3 Å². The number of alkyl carbamates (subject to hydrolysis) is 2. The van der Waals surface area contributed by atoms with Crippen LogP contribution in [0.2, 0.25) is 5.02 Å². The normalized spacial score (nSPS) is 15.0. The molecule has 3 atom stereocenters. The lowest BCUT2D eigenvalue weighted by Crippen LogP contribution is -2.57. The van der Waals surface area contributed by atoms with Crippen LogP contribution in [0.3, 0.4) is 0 Å². The first-order valence-electron chi connectivity index (χ1n) is 16.5. The van der Waals surface area contributed by atoms with Gasteiger partial charge in [0.2, 0.25) is 17.7 Å². The van der Waals surface area contributed by atoms with Crippen molar-refractivity contribution in [3.05, 3.63) is 34.9 Å². The number of benzene rings is 1. The van der Waals surface area contributed by atoms with Gasteiger partial charge >= 0.3 is 24.1 Å². The summed E-state index contributed by atoms with van der Waals surface area (Å²) in [6.07, 6.45) is 1.31. The van der Waals surface area contributed by atoms with Gasteiger partial charge in [-0.15, -0.1) is 0 Å². The highest BCUT2D eigenvalue weighted by Crippen LogP contribution is 2.21. The predicted molar refractivity (Wildman–Crippen MR) is 180 cm³/mol. The minimum absolute atomic E-state index is 0.0156. The van der Waals surface area contributed by atoms with Crippen LogP contribution < -0.4 is 27.0 Å². The molecule has 1 aliphatic carbocycles. The molecule has 1 aliphatic rings. The summed E-state index contributed by atoms with van der Waals surface area (Å²) in [7, 11) is 0. The van der Waals surface area contributed by atoms with Gasteiger partial charge in [-0.3, -0.25) is 19.2 Å². The Bertz CT molecular complexity index is 1350. The second-order valence-electron chi connectivity index (χ2n) is 12.9. The van der Waals surface area contributed by atoms with E-state index in [2.05, 4.69) is 21.3 Å². The number of carboxylic acid groups (broad SMARTS) is 1. The van der Waals surface area contributed by atoms with E-state index in [1.165, 1.54) is 0 Å². The van der Waals surface area contributed by atoms with Crippen LogP contribution in [0.25, 0.3) is 0 Å². The smallest absolute Gasteiger partial charge is 0.408 e. The fourth-order valence-corrected chi connectivity index (χ4v) is 5.12. The number of hydrogen-bond acceptors (Lipinski definition) is 10. The van der Waals surface area contributed by atoms with Crippen molar-refractivity contribution in [1.29, 1.82) is 0 Å². The van der Waals surface area contributed by atoms with Gasteiger partial charge in [0.25, 0.3) is 0 Å². The molecule has 1 aromatic carbocycles. The average Bonchev–Trinajstić information content (AvgIpc) is 3.02. The van der Waals surface area contributed by atoms with Gasteiger partial charge < -0.3 is 46.3 Å². The zero-order valence-corrected chi connectivity index (χ0v) is 29.3. The molecule has 0 heterocycles. The zero-order chi connectivity index (χ0) is 37.3. The number of hydrogen-bond donors (Lipinski definition) is 6. The van der Waals surface area contributed by atoms with Gasteiger partial charge in [-0.2, -0.15) is 0 Å². The van der Waals surface area contributed by atoms with Crippen molar-refractivity contribution in [3.8, 4) is 0 Å². The van der Waals surface area contributed by atoms with Crippen molar-refractivity contribution < 1.29 is 52.9 Å². The first-order valence-corrected chi connectivity index (χ1v) is 16.9. The molecule has 0 radical (unpaired) electrons. The van der Waals surface area contributed by atoms with Crippen LogP contribution in [0, 0.1) is 0 Å². The molecule has 0 bridgehead atoms. The molecule has 0 unspecified atom stereocenters. The van der Waals surface area contributed by atoms with Gasteiger partial charge in [0.15, 0.2) is 0 Å². The van der Waals surface area contributed by atoms with Crippen LogP contribution in [-0.4, -0.2) is 83.3 Å². The summed E-state index contributed by atoms with van der Waals surface area (Å²) < 4.78 is 16.0. The highest BCUT2D eigenvalue weighted by molar-refractivity contribution is 6.31. The molecular formula is C33H48ClN5O11. The third-order valence-electron chi connectivity index (χ3n) is 7.39. The second-order valence-corrected chi connectivity index (χ2v) is 13.3. The van der Waals surface area contributed by atoms with Crippen molar-refractivity contribution in [3.63, 3.8) is 0 Å². The summed E-state index contributed by atoms with van der Waals surface area (Å²) in [4.78, 5) is 87.5. The number of carbonyl (C=O) groups excluding carboxylic acids is 6. The Morgan fingerprint density at radius 3 is 2.14 bits per heavy atom. The fraction of sp³-hybridized carbons (Fsp3) is 0.606. The quantitative estimate of drug-likeness (QED) is 0.0730. The minimum atomic E-state index is -1.73. The topological polar surface area (TPSA) is 242 Å². The van der Waals surface area contributed by atoms with E-state index in [0.29, 0.717) is 36.3 Å². The molecule has 278 valence electrons. The maximum atomic E-state index is 13.5. The first-order chi connectivity index (χ1) is 23.5. The molecule has 16 nitrogen and oxygen atoms in total. The van der Waals surface area contributed by atoms with E-state index in [0.717, 1.165) is 19.3 Å². The largest absolute Gasteiger partial charge is 0.480 e. The number of carboxylic acids is 1. The van der Waals surface area contributed by atoms with Crippen molar-refractivity contribution in [2.75, 3.05) is 6.54 Å². The summed E-state index contributed by atoms with van der Waals surface area (Å²) in [5, 5.41) is 19.5. The number of ether oxygens (including phenoxy) is 3. The first kappa shape index (κ1) is 41.6. The van der Waals surface area contributed by atoms with Crippen molar-refractivity contribution in [2.24, 2.45) is 5.73 Å². The summed E-state index contributed by atoms with van der Waals surface area (Å²) in [6, 6.07) is 2.26. The SMILES string of the molecule is CC(C)(C)OC(=O)N[C@@H](CCCCNC(=O)OCc1ccccc1Cl)C(=O)N[C@@H](CC(=O)OC1CCCCC1)C(=O)N[C@@H](CC(N)=O)C(=O)O. The summed E-state index contributed by atoms with van der Waals surface area (Å²) in [6.45, 7) is 5.01. The standard InChI is InChI=1S/C33H48ClN5O11/c1-33(2,3)50-32(47)39-23(15-9-10-16-36-31(46)48-19-20-11-7-8-14-22(20)34)28(42)37-24(18-27(41)49-21-12-5-4-6-13-21)29(43)38-25(30(44)45)17-26(35)40/h7-8,11,14,21,23-25H,4-6,9-10,12-13,15-19H2,1-3H3,(H2,35,40)(H,36,46)(H,37,42)(H,38,43)(H,39,47)(H,44,45)/t23-,24-,25-/m0/s1. The Balaban J connectivity index is 2.10. The highest BCUT2D eigenvalue weighted by Gasteiger charge is 2.33. The number of rotatable bonds is 18. The molecule has 50 heavy (non-hydrogen) atoms. The highest BCUT2D eigenvalue weighted by atomic mass is 35.5. The van der Waals surface area contributed by atoms with Gasteiger partial charge in [0, 0.05) is 17.1 Å². The molecule has 0 aliphatic heterocycles. The van der Waals surface area contributed by atoms with Crippen molar-refractivity contribution >= 4 is 53.4 Å². The molecule has 1 aromatic rings. The molecule has 1 fully saturated rings. The molecule has 0 aromatic heterocycles. The molecule has 1 saturated carbocycles. The van der Waals surface area contributed by atoms with Crippen molar-refractivity contribution in [2.45, 2.75) is 121 Å². The summed E-state index contributed by atoms with van der Waals surface area (Å²) >= 11 is 6.08. The number of nitrogens with two attached hydrogens (primary N) is 1. The second kappa shape index (κ2) is 20.8. The number of halogens is 1. The number of esters is 1. The van der Waals surface area contributed by atoms with E-state index >= 15 is 0 Å². The fourth-order valence-electron chi connectivity index (χ4n) is 4.93. The van der Waals surface area contributed by atoms with Crippen LogP contribution in [0.4, 0.5) is 9.59 Å². The van der Waals surface area contributed by atoms with Gasteiger partial charge in [-0.1, -0.05) is 36.2 Å². The monoisotopic (exact) mass is 725 g/mol. The Hall–Kier alpha value is -4.60.